The monoisotopic (exact) mass is 465 g/mol. The van der Waals surface area contributed by atoms with Crippen molar-refractivity contribution >= 4 is 45.9 Å². The zero-order valence-electron chi connectivity index (χ0n) is 17.0. The smallest absolute Gasteiger partial charge is 0.265 e. The molecule has 2 heterocycles. The Kier molecular flexibility index (Phi) is 6.78. The Balaban J connectivity index is 1.38. The Morgan fingerprint density at radius 2 is 1.72 bits per heavy atom. The lowest BCUT2D eigenvalue weighted by Crippen LogP contribution is -2.13. The largest absolute Gasteiger partial charge is 0.493 e. The number of aromatic nitrogens is 1. The van der Waals surface area contributed by atoms with Gasteiger partial charge in [-0.05, 0) is 53.9 Å². The van der Waals surface area contributed by atoms with Gasteiger partial charge in [0.1, 0.15) is 6.61 Å². The number of carbonyl (C=O) groups is 2. The molecule has 2 amide bonds. The number of ether oxygens (including phenoxy) is 2. The number of methoxy groups -OCH3 is 1. The molecule has 0 fully saturated rings. The molecular formula is C23H19N3O4S2. The second kappa shape index (κ2) is 10.1. The number of nitrogens with zero attached hydrogens (tertiary/aromatic N) is 1. The number of carbonyl (C=O) groups excluding carboxylic acids is 2. The first-order valence-corrected chi connectivity index (χ1v) is 11.4. The van der Waals surface area contributed by atoms with E-state index < -0.39 is 0 Å². The van der Waals surface area contributed by atoms with Gasteiger partial charge in [-0.3, -0.25) is 9.59 Å². The lowest BCUT2D eigenvalue weighted by atomic mass is 10.1. The molecular weight excluding hydrogens is 446 g/mol. The van der Waals surface area contributed by atoms with E-state index in [-0.39, 0.29) is 11.8 Å². The van der Waals surface area contributed by atoms with Crippen molar-refractivity contribution in [2.24, 2.45) is 0 Å². The van der Waals surface area contributed by atoms with E-state index in [1.54, 1.807) is 54.0 Å². The van der Waals surface area contributed by atoms with Crippen molar-refractivity contribution in [1.29, 1.82) is 0 Å². The average Bonchev–Trinajstić information content (AvgIpc) is 3.53. The molecule has 4 rings (SSSR count). The van der Waals surface area contributed by atoms with Crippen molar-refractivity contribution in [2.75, 3.05) is 17.7 Å². The Bertz CT molecular complexity index is 1190. The molecule has 2 aromatic carbocycles. The fraction of sp³-hybridized carbons (Fsp3) is 0.0870. The highest BCUT2D eigenvalue weighted by Gasteiger charge is 2.13. The average molecular weight is 466 g/mol. The lowest BCUT2D eigenvalue weighted by molar-refractivity contribution is 0.101. The van der Waals surface area contributed by atoms with Gasteiger partial charge in [-0.25, -0.2) is 4.98 Å². The molecule has 0 aliphatic rings. The molecule has 162 valence electrons. The van der Waals surface area contributed by atoms with Gasteiger partial charge in [0, 0.05) is 22.3 Å². The molecule has 32 heavy (non-hydrogen) atoms. The van der Waals surface area contributed by atoms with Gasteiger partial charge < -0.3 is 20.1 Å². The Labute approximate surface area is 192 Å². The van der Waals surface area contributed by atoms with Gasteiger partial charge in [0.05, 0.1) is 23.2 Å². The third-order valence-corrected chi connectivity index (χ3v) is 5.93. The van der Waals surface area contributed by atoms with E-state index in [1.165, 1.54) is 29.8 Å². The van der Waals surface area contributed by atoms with Gasteiger partial charge in [0.25, 0.3) is 11.8 Å². The van der Waals surface area contributed by atoms with Crippen molar-refractivity contribution in [2.45, 2.75) is 6.61 Å². The number of anilines is 2. The molecule has 0 saturated heterocycles. The third-order valence-electron chi connectivity index (χ3n) is 4.43. The first-order valence-electron chi connectivity index (χ1n) is 9.56. The fourth-order valence-electron chi connectivity index (χ4n) is 2.83. The molecule has 2 N–H and O–H groups in total. The summed E-state index contributed by atoms with van der Waals surface area (Å²) in [5, 5.41) is 9.42. The highest BCUT2D eigenvalue weighted by molar-refractivity contribution is 7.12. The van der Waals surface area contributed by atoms with Crippen molar-refractivity contribution in [1.82, 2.24) is 4.98 Å². The molecule has 2 aromatic heterocycles. The summed E-state index contributed by atoms with van der Waals surface area (Å²) in [5.41, 5.74) is 4.25. The molecule has 4 aromatic rings. The molecule has 0 unspecified atom stereocenters. The Morgan fingerprint density at radius 1 is 0.969 bits per heavy atom. The minimum atomic E-state index is -0.287. The Hall–Kier alpha value is -3.69. The summed E-state index contributed by atoms with van der Waals surface area (Å²) in [4.78, 5) is 29.6. The van der Waals surface area contributed by atoms with Gasteiger partial charge in [0.2, 0.25) is 0 Å². The van der Waals surface area contributed by atoms with Gasteiger partial charge in [-0.15, -0.1) is 22.7 Å². The van der Waals surface area contributed by atoms with Crippen LogP contribution in [0.4, 0.5) is 11.4 Å². The second-order valence-corrected chi connectivity index (χ2v) is 8.26. The van der Waals surface area contributed by atoms with Crippen LogP contribution in [0, 0.1) is 0 Å². The number of hydrogen-bond acceptors (Lipinski definition) is 7. The van der Waals surface area contributed by atoms with Crippen LogP contribution in [0.25, 0.3) is 0 Å². The van der Waals surface area contributed by atoms with Gasteiger partial charge >= 0.3 is 0 Å². The summed E-state index contributed by atoms with van der Waals surface area (Å²) >= 11 is 2.87. The Morgan fingerprint density at radius 3 is 2.34 bits per heavy atom. The molecule has 0 atom stereocenters. The molecule has 0 aliphatic heterocycles. The van der Waals surface area contributed by atoms with Crippen molar-refractivity contribution in [3.8, 4) is 11.5 Å². The SMILES string of the molecule is COc1cc(C(=O)Nc2ccc(NC(=O)c3cccs3)cc2)ccc1OCc1cscn1. The molecule has 0 aliphatic carbocycles. The van der Waals surface area contributed by atoms with Crippen LogP contribution >= 0.6 is 22.7 Å². The van der Waals surface area contributed by atoms with Crippen molar-refractivity contribution in [3.63, 3.8) is 0 Å². The highest BCUT2D eigenvalue weighted by Crippen LogP contribution is 2.29. The van der Waals surface area contributed by atoms with Crippen LogP contribution in [-0.2, 0) is 6.61 Å². The van der Waals surface area contributed by atoms with Crippen LogP contribution in [0.2, 0.25) is 0 Å². The quantitative estimate of drug-likeness (QED) is 0.369. The number of thiazole rings is 1. The second-order valence-electron chi connectivity index (χ2n) is 6.60. The van der Waals surface area contributed by atoms with Crippen LogP contribution in [0.3, 0.4) is 0 Å². The van der Waals surface area contributed by atoms with E-state index in [1.807, 2.05) is 16.8 Å². The zero-order valence-corrected chi connectivity index (χ0v) is 18.7. The summed E-state index contributed by atoms with van der Waals surface area (Å²) in [5.74, 6) is 0.535. The van der Waals surface area contributed by atoms with E-state index in [0.29, 0.717) is 39.9 Å². The zero-order chi connectivity index (χ0) is 22.3. The molecule has 0 spiro atoms. The van der Waals surface area contributed by atoms with E-state index in [9.17, 15) is 9.59 Å². The normalized spacial score (nSPS) is 10.4. The number of benzene rings is 2. The third kappa shape index (κ3) is 5.32. The molecule has 0 saturated carbocycles. The first kappa shape index (κ1) is 21.5. The number of nitrogens with one attached hydrogen (secondary N) is 2. The molecule has 9 heteroatoms. The summed E-state index contributed by atoms with van der Waals surface area (Å²) in [6.07, 6.45) is 0. The summed E-state index contributed by atoms with van der Waals surface area (Å²) < 4.78 is 11.1. The summed E-state index contributed by atoms with van der Waals surface area (Å²) in [7, 11) is 1.52. The molecule has 0 bridgehead atoms. The lowest BCUT2D eigenvalue weighted by Gasteiger charge is -2.12. The van der Waals surface area contributed by atoms with Gasteiger partial charge in [-0.1, -0.05) is 6.07 Å². The van der Waals surface area contributed by atoms with Crippen LogP contribution in [0.15, 0.2) is 70.9 Å². The predicted molar refractivity (Wildman–Crippen MR) is 126 cm³/mol. The number of rotatable bonds is 8. The minimum absolute atomic E-state index is 0.166. The van der Waals surface area contributed by atoms with Crippen LogP contribution in [0.5, 0.6) is 11.5 Å². The van der Waals surface area contributed by atoms with Crippen LogP contribution in [-0.4, -0.2) is 23.9 Å². The molecule has 0 radical (unpaired) electrons. The van der Waals surface area contributed by atoms with E-state index in [2.05, 4.69) is 15.6 Å². The van der Waals surface area contributed by atoms with Crippen molar-refractivity contribution in [3.05, 3.63) is 87.0 Å². The maximum Gasteiger partial charge on any atom is 0.265 e. The number of thiophene rings is 1. The highest BCUT2D eigenvalue weighted by atomic mass is 32.1. The van der Waals surface area contributed by atoms with E-state index >= 15 is 0 Å². The topological polar surface area (TPSA) is 89.6 Å². The predicted octanol–water partition coefficient (Wildman–Crippen LogP) is 5.30. The van der Waals surface area contributed by atoms with E-state index in [4.69, 9.17) is 9.47 Å². The number of amides is 2. The number of hydrogen-bond donors (Lipinski definition) is 2. The van der Waals surface area contributed by atoms with Crippen molar-refractivity contribution < 1.29 is 19.1 Å². The molecule has 7 nitrogen and oxygen atoms in total. The minimum Gasteiger partial charge on any atom is -0.493 e. The fourth-order valence-corrected chi connectivity index (χ4v) is 3.99. The summed E-state index contributed by atoms with van der Waals surface area (Å²) in [6, 6.07) is 15.5. The maximum absolute atomic E-state index is 12.7. The van der Waals surface area contributed by atoms with Crippen LogP contribution in [0.1, 0.15) is 25.7 Å². The maximum atomic E-state index is 12.7. The van der Waals surface area contributed by atoms with Gasteiger partial charge in [-0.2, -0.15) is 0 Å². The first-order chi connectivity index (χ1) is 15.6. The van der Waals surface area contributed by atoms with Crippen LogP contribution < -0.4 is 20.1 Å². The van der Waals surface area contributed by atoms with Gasteiger partial charge in [0.15, 0.2) is 11.5 Å². The summed E-state index contributed by atoms with van der Waals surface area (Å²) in [6.45, 7) is 0.320. The van der Waals surface area contributed by atoms with E-state index in [0.717, 1.165) is 5.69 Å². The standard InChI is InChI=1S/C23H19N3O4S2/c1-29-20-11-15(4-9-19(20)30-12-18-13-31-14-24-18)22(27)25-16-5-7-17(8-6-16)26-23(28)21-3-2-10-32-21/h2-11,13-14H,12H2,1H3,(H,25,27)(H,26,28).